The van der Waals surface area contributed by atoms with Crippen LogP contribution >= 0.6 is 0 Å². The molecule has 3 nitrogen and oxygen atoms in total. The molecule has 1 aromatic heterocycles. The summed E-state index contributed by atoms with van der Waals surface area (Å²) >= 11 is 0. The van der Waals surface area contributed by atoms with Gasteiger partial charge in [0.2, 0.25) is 0 Å². The van der Waals surface area contributed by atoms with Crippen LogP contribution in [-0.4, -0.2) is 22.9 Å². The third-order valence-corrected chi connectivity index (χ3v) is 6.32. The van der Waals surface area contributed by atoms with Gasteiger partial charge in [0.25, 0.3) is 0 Å². The second-order valence-electron chi connectivity index (χ2n) is 7.80. The Hall–Kier alpha value is -0.830. The summed E-state index contributed by atoms with van der Waals surface area (Å²) in [6, 6.07) is 2.71. The van der Waals surface area contributed by atoms with Crippen molar-refractivity contribution in [2.45, 2.75) is 58.0 Å². The molecular formula is C17H27N3. The van der Waals surface area contributed by atoms with E-state index in [-0.39, 0.29) is 0 Å². The van der Waals surface area contributed by atoms with Gasteiger partial charge in [0.15, 0.2) is 0 Å². The monoisotopic (exact) mass is 273 g/mol. The molecule has 4 fully saturated rings. The van der Waals surface area contributed by atoms with Crippen molar-refractivity contribution in [3.8, 4) is 0 Å². The lowest BCUT2D eigenvalue weighted by molar-refractivity contribution is -0.0759. The number of nitrogens with zero attached hydrogens (tertiary/aromatic N) is 2. The summed E-state index contributed by atoms with van der Waals surface area (Å²) in [7, 11) is 2.15. The topological polar surface area (TPSA) is 29.9 Å². The summed E-state index contributed by atoms with van der Waals surface area (Å²) in [6.07, 6.45) is 11.1. The molecule has 4 aliphatic carbocycles. The van der Waals surface area contributed by atoms with E-state index in [1.165, 1.54) is 38.5 Å². The predicted octanol–water partition coefficient (Wildman–Crippen LogP) is 3.00. The zero-order chi connectivity index (χ0) is 13.7. The summed E-state index contributed by atoms with van der Waals surface area (Å²) in [5.41, 5.74) is 1.69. The molecule has 1 N–H and O–H groups in total. The molecule has 4 saturated carbocycles. The zero-order valence-corrected chi connectivity index (χ0v) is 12.8. The molecule has 4 bridgehead atoms. The summed E-state index contributed by atoms with van der Waals surface area (Å²) in [5, 5.41) is 8.26. The predicted molar refractivity (Wildman–Crippen MR) is 80.4 cm³/mol. The van der Waals surface area contributed by atoms with E-state index < -0.39 is 0 Å². The smallest absolute Gasteiger partial charge is 0.0593 e. The van der Waals surface area contributed by atoms with Gasteiger partial charge in [-0.3, -0.25) is 4.68 Å². The van der Waals surface area contributed by atoms with Crippen molar-refractivity contribution in [3.05, 3.63) is 18.0 Å². The average molecular weight is 273 g/mol. The molecule has 0 amide bonds. The molecule has 0 aromatic carbocycles. The van der Waals surface area contributed by atoms with Gasteiger partial charge in [0.05, 0.1) is 12.2 Å². The summed E-state index contributed by atoms with van der Waals surface area (Å²) in [5.74, 6) is 3.07. The van der Waals surface area contributed by atoms with E-state index in [1.807, 2.05) is 0 Å². The molecule has 0 saturated heterocycles. The number of aromatic nitrogens is 2. The van der Waals surface area contributed by atoms with Crippen molar-refractivity contribution in [1.82, 2.24) is 15.1 Å². The molecule has 0 radical (unpaired) electrons. The van der Waals surface area contributed by atoms with E-state index in [9.17, 15) is 0 Å². The molecule has 0 aliphatic heterocycles. The third kappa shape index (κ3) is 2.02. The lowest BCUT2D eigenvalue weighted by Gasteiger charge is -2.59. The largest absolute Gasteiger partial charge is 0.315 e. The van der Waals surface area contributed by atoms with Gasteiger partial charge < -0.3 is 5.32 Å². The minimum absolute atomic E-state index is 0.559. The van der Waals surface area contributed by atoms with Gasteiger partial charge in [0.1, 0.15) is 0 Å². The highest BCUT2D eigenvalue weighted by atomic mass is 15.3. The van der Waals surface area contributed by atoms with Crippen molar-refractivity contribution < 1.29 is 0 Å². The van der Waals surface area contributed by atoms with Crippen LogP contribution in [0.4, 0.5) is 0 Å². The molecule has 4 aliphatic rings. The normalized spacial score (nSPS) is 40.2. The highest BCUT2D eigenvalue weighted by Crippen LogP contribution is 2.61. The third-order valence-electron chi connectivity index (χ3n) is 6.32. The fraction of sp³-hybridized carbons (Fsp3) is 0.824. The van der Waals surface area contributed by atoms with Gasteiger partial charge in [-0.05, 0) is 81.7 Å². The quantitative estimate of drug-likeness (QED) is 0.914. The SMILES string of the molecule is CNC(Cn1ccc(C)n1)C12CC3CC(CC(C3)C1)C2. The highest BCUT2D eigenvalue weighted by molar-refractivity contribution is 5.06. The molecule has 1 heterocycles. The fourth-order valence-electron chi connectivity index (χ4n) is 5.95. The first kappa shape index (κ1) is 12.9. The van der Waals surface area contributed by atoms with Gasteiger partial charge in [-0.2, -0.15) is 5.10 Å². The van der Waals surface area contributed by atoms with Gasteiger partial charge in [-0.15, -0.1) is 0 Å². The van der Waals surface area contributed by atoms with E-state index in [2.05, 4.69) is 41.3 Å². The van der Waals surface area contributed by atoms with Crippen LogP contribution in [0, 0.1) is 30.1 Å². The second kappa shape index (κ2) is 4.59. The van der Waals surface area contributed by atoms with Gasteiger partial charge >= 0.3 is 0 Å². The van der Waals surface area contributed by atoms with Crippen LogP contribution in [0.5, 0.6) is 0 Å². The first-order chi connectivity index (χ1) is 9.67. The zero-order valence-electron chi connectivity index (χ0n) is 12.8. The first-order valence-corrected chi connectivity index (χ1v) is 8.34. The van der Waals surface area contributed by atoms with Crippen LogP contribution in [-0.2, 0) is 6.54 Å². The lowest BCUT2D eigenvalue weighted by atomic mass is 9.47. The van der Waals surface area contributed by atoms with Crippen LogP contribution in [0.15, 0.2) is 12.3 Å². The lowest BCUT2D eigenvalue weighted by Crippen LogP contribution is -2.56. The minimum Gasteiger partial charge on any atom is -0.315 e. The Morgan fingerprint density at radius 1 is 1.25 bits per heavy atom. The van der Waals surface area contributed by atoms with Crippen LogP contribution < -0.4 is 5.32 Å². The number of hydrogen-bond donors (Lipinski definition) is 1. The molecule has 0 spiro atoms. The van der Waals surface area contributed by atoms with Crippen molar-refractivity contribution in [3.63, 3.8) is 0 Å². The van der Waals surface area contributed by atoms with E-state index >= 15 is 0 Å². The van der Waals surface area contributed by atoms with E-state index in [0.29, 0.717) is 11.5 Å². The van der Waals surface area contributed by atoms with Crippen molar-refractivity contribution in [2.75, 3.05) is 7.05 Å². The molecule has 110 valence electrons. The Morgan fingerprint density at radius 2 is 1.85 bits per heavy atom. The highest BCUT2D eigenvalue weighted by Gasteiger charge is 2.53. The van der Waals surface area contributed by atoms with Crippen LogP contribution in [0.1, 0.15) is 44.2 Å². The van der Waals surface area contributed by atoms with Gasteiger partial charge in [-0.1, -0.05) is 0 Å². The van der Waals surface area contributed by atoms with Crippen LogP contribution in [0.25, 0.3) is 0 Å². The molecule has 1 aromatic rings. The van der Waals surface area contributed by atoms with Gasteiger partial charge in [0, 0.05) is 12.2 Å². The number of hydrogen-bond acceptors (Lipinski definition) is 2. The molecule has 1 atom stereocenters. The second-order valence-corrected chi connectivity index (χ2v) is 7.80. The Balaban J connectivity index is 1.57. The number of rotatable bonds is 4. The Bertz CT molecular complexity index is 455. The molecule has 3 heteroatoms. The van der Waals surface area contributed by atoms with Crippen molar-refractivity contribution in [2.24, 2.45) is 23.2 Å². The first-order valence-electron chi connectivity index (χ1n) is 8.34. The van der Waals surface area contributed by atoms with Gasteiger partial charge in [-0.25, -0.2) is 0 Å². The van der Waals surface area contributed by atoms with E-state index in [1.54, 1.807) is 0 Å². The molecular weight excluding hydrogens is 246 g/mol. The maximum Gasteiger partial charge on any atom is 0.0593 e. The Kier molecular flexibility index (Phi) is 2.95. The van der Waals surface area contributed by atoms with Crippen molar-refractivity contribution in [1.29, 1.82) is 0 Å². The Labute approximate surface area is 122 Å². The summed E-state index contributed by atoms with van der Waals surface area (Å²) in [6.45, 7) is 3.12. The number of aryl methyl sites for hydroxylation is 1. The van der Waals surface area contributed by atoms with Crippen LogP contribution in [0.2, 0.25) is 0 Å². The maximum atomic E-state index is 4.60. The summed E-state index contributed by atoms with van der Waals surface area (Å²) in [4.78, 5) is 0. The van der Waals surface area contributed by atoms with Crippen LogP contribution in [0.3, 0.4) is 0 Å². The molecule has 20 heavy (non-hydrogen) atoms. The average Bonchev–Trinajstić information content (AvgIpc) is 2.80. The molecule has 1 unspecified atom stereocenters. The standard InChI is InChI=1S/C17H27N3/c1-12-3-4-20(19-12)11-16(18-2)17-8-13-5-14(9-17)7-15(6-13)10-17/h3-4,13-16,18H,5-11H2,1-2H3. The number of likely N-dealkylation sites (N-methyl/N-ethyl adjacent to an activating group) is 1. The Morgan fingerprint density at radius 3 is 2.30 bits per heavy atom. The number of nitrogens with one attached hydrogen (secondary N) is 1. The van der Waals surface area contributed by atoms with E-state index in [4.69, 9.17) is 0 Å². The summed E-state index contributed by atoms with van der Waals surface area (Å²) < 4.78 is 2.15. The van der Waals surface area contributed by atoms with Crippen molar-refractivity contribution >= 4 is 0 Å². The fourth-order valence-corrected chi connectivity index (χ4v) is 5.95. The van der Waals surface area contributed by atoms with E-state index in [0.717, 1.165) is 30.0 Å². The molecule has 5 rings (SSSR count). The minimum atomic E-state index is 0.559. The maximum absolute atomic E-state index is 4.60.